The van der Waals surface area contributed by atoms with Crippen LogP contribution in [0.5, 0.6) is 11.5 Å². The number of hydrogen-bond acceptors (Lipinski definition) is 6. The van der Waals surface area contributed by atoms with E-state index in [4.69, 9.17) is 21.1 Å². The van der Waals surface area contributed by atoms with Gasteiger partial charge in [-0.05, 0) is 30.8 Å². The fourth-order valence-electron chi connectivity index (χ4n) is 4.04. The van der Waals surface area contributed by atoms with Crippen LogP contribution in [-0.2, 0) is 10.3 Å². The first-order chi connectivity index (χ1) is 14.6. The van der Waals surface area contributed by atoms with E-state index in [0.29, 0.717) is 41.2 Å². The lowest BCUT2D eigenvalue weighted by Gasteiger charge is -2.21. The molecule has 1 fully saturated rings. The average Bonchev–Trinajstić information content (AvgIpc) is 3.33. The molecule has 0 aliphatic carbocycles. The summed E-state index contributed by atoms with van der Waals surface area (Å²) in [5.74, 6) is 0.250. The highest BCUT2D eigenvalue weighted by Crippen LogP contribution is 2.42. The van der Waals surface area contributed by atoms with Gasteiger partial charge in [0.1, 0.15) is 11.5 Å². The molecule has 0 amide bonds. The third-order valence-electron chi connectivity index (χ3n) is 5.46. The average molecular weight is 421 g/mol. The number of carbonyl (C=O) groups excluding carboxylic acids is 2. The minimum absolute atomic E-state index is 0.239. The van der Waals surface area contributed by atoms with Gasteiger partial charge in [-0.15, -0.1) is 0 Å². The van der Waals surface area contributed by atoms with Crippen molar-refractivity contribution in [2.75, 3.05) is 13.1 Å². The van der Waals surface area contributed by atoms with Gasteiger partial charge in [0.15, 0.2) is 11.4 Å². The van der Waals surface area contributed by atoms with Crippen LogP contribution in [0.25, 0.3) is 0 Å². The van der Waals surface area contributed by atoms with Gasteiger partial charge in [-0.2, -0.15) is 0 Å². The second-order valence-electron chi connectivity index (χ2n) is 7.30. The second kappa shape index (κ2) is 7.23. The number of carbonyl (C=O) groups is 2. The number of halogens is 1. The summed E-state index contributed by atoms with van der Waals surface area (Å²) in [4.78, 5) is 29.9. The topological polar surface area (TPSA) is 77.5 Å². The third kappa shape index (κ3) is 3.05. The molecule has 2 aliphatic rings. The maximum Gasteiger partial charge on any atom is 0.340 e. The normalized spacial score (nSPS) is 19.6. The van der Waals surface area contributed by atoms with E-state index in [0.717, 1.165) is 12.1 Å². The lowest BCUT2D eigenvalue weighted by Crippen LogP contribution is -2.28. The molecular weight excluding hydrogens is 404 g/mol. The van der Waals surface area contributed by atoms with Crippen molar-refractivity contribution in [1.82, 2.24) is 10.3 Å². The first kappa shape index (κ1) is 18.8. The van der Waals surface area contributed by atoms with E-state index in [1.807, 2.05) is 6.07 Å². The van der Waals surface area contributed by atoms with Crippen LogP contribution in [0.1, 0.15) is 38.3 Å². The van der Waals surface area contributed by atoms with Crippen molar-refractivity contribution in [3.63, 3.8) is 0 Å². The van der Waals surface area contributed by atoms with Gasteiger partial charge in [0, 0.05) is 41.9 Å². The molecule has 150 valence electrons. The summed E-state index contributed by atoms with van der Waals surface area (Å²) in [7, 11) is 0. The molecule has 6 nitrogen and oxygen atoms in total. The number of ketones is 1. The van der Waals surface area contributed by atoms with Gasteiger partial charge in [0.25, 0.3) is 0 Å². The number of ether oxygens (including phenoxy) is 2. The molecule has 0 bridgehead atoms. The largest absolute Gasteiger partial charge is 0.456 e. The molecule has 0 radical (unpaired) electrons. The van der Waals surface area contributed by atoms with Crippen molar-refractivity contribution in [1.29, 1.82) is 0 Å². The molecule has 30 heavy (non-hydrogen) atoms. The molecule has 1 spiro atoms. The predicted molar refractivity (Wildman–Crippen MR) is 110 cm³/mol. The van der Waals surface area contributed by atoms with Gasteiger partial charge in [-0.25, -0.2) is 4.79 Å². The van der Waals surface area contributed by atoms with Crippen molar-refractivity contribution in [2.45, 2.75) is 12.0 Å². The van der Waals surface area contributed by atoms with E-state index < -0.39 is 11.6 Å². The number of esters is 1. The van der Waals surface area contributed by atoms with Crippen LogP contribution in [0.3, 0.4) is 0 Å². The van der Waals surface area contributed by atoms with Crippen LogP contribution in [-0.4, -0.2) is 29.8 Å². The zero-order valence-electron chi connectivity index (χ0n) is 15.9. The predicted octanol–water partition coefficient (Wildman–Crippen LogP) is 4.12. The van der Waals surface area contributed by atoms with Gasteiger partial charge in [0.2, 0.25) is 0 Å². The van der Waals surface area contributed by atoms with Crippen LogP contribution in [0.15, 0.2) is 60.9 Å². The Bertz CT molecular complexity index is 1160. The minimum atomic E-state index is -0.687. The number of aromatic nitrogens is 1. The van der Waals surface area contributed by atoms with Crippen LogP contribution in [0.4, 0.5) is 0 Å². The van der Waals surface area contributed by atoms with Crippen molar-refractivity contribution >= 4 is 23.4 Å². The van der Waals surface area contributed by atoms with Crippen molar-refractivity contribution < 1.29 is 19.1 Å². The number of fused-ring (bicyclic) bond motifs is 2. The Morgan fingerprint density at radius 1 is 1.13 bits per heavy atom. The highest BCUT2D eigenvalue weighted by atomic mass is 35.5. The molecule has 1 saturated heterocycles. The zero-order valence-corrected chi connectivity index (χ0v) is 16.6. The third-order valence-corrected chi connectivity index (χ3v) is 5.78. The molecule has 0 saturated carbocycles. The molecule has 3 aromatic rings. The number of benzene rings is 2. The van der Waals surface area contributed by atoms with Gasteiger partial charge in [-0.1, -0.05) is 29.8 Å². The van der Waals surface area contributed by atoms with E-state index >= 15 is 0 Å². The summed E-state index contributed by atoms with van der Waals surface area (Å²) in [5.41, 5.74) is 0.994. The number of nitrogens with zero attached hydrogens (tertiary/aromatic N) is 1. The molecule has 1 N–H and O–H groups in total. The Kier molecular flexibility index (Phi) is 4.53. The van der Waals surface area contributed by atoms with Gasteiger partial charge in [-0.3, -0.25) is 9.78 Å². The Morgan fingerprint density at radius 3 is 2.77 bits per heavy atom. The smallest absolute Gasteiger partial charge is 0.340 e. The summed E-state index contributed by atoms with van der Waals surface area (Å²) in [6, 6.07) is 13.6. The molecule has 2 aliphatic heterocycles. The SMILES string of the molecule is O=C(c1ccc(Oc2cccnc2)cc1Cl)c1cccc2c1C(=O)O[C@]21CCNC1. The summed E-state index contributed by atoms with van der Waals surface area (Å²) in [6.07, 6.45) is 3.92. The Morgan fingerprint density at radius 2 is 2.03 bits per heavy atom. The maximum atomic E-state index is 13.3. The van der Waals surface area contributed by atoms with E-state index in [9.17, 15) is 9.59 Å². The molecule has 2 aromatic carbocycles. The Labute approximate surface area is 177 Å². The minimum Gasteiger partial charge on any atom is -0.456 e. The number of rotatable bonds is 4. The summed E-state index contributed by atoms with van der Waals surface area (Å²) >= 11 is 6.41. The fraction of sp³-hybridized carbons (Fsp3) is 0.174. The monoisotopic (exact) mass is 420 g/mol. The maximum absolute atomic E-state index is 13.3. The summed E-state index contributed by atoms with van der Waals surface area (Å²) in [5, 5.41) is 3.47. The van der Waals surface area contributed by atoms with Gasteiger partial charge < -0.3 is 14.8 Å². The molecule has 5 rings (SSSR count). The number of nitrogens with one attached hydrogen (secondary N) is 1. The van der Waals surface area contributed by atoms with E-state index in [1.54, 1.807) is 54.9 Å². The van der Waals surface area contributed by atoms with E-state index in [2.05, 4.69) is 10.3 Å². The van der Waals surface area contributed by atoms with Gasteiger partial charge in [0.05, 0.1) is 16.8 Å². The fourth-order valence-corrected chi connectivity index (χ4v) is 4.30. The zero-order chi connectivity index (χ0) is 20.7. The summed E-state index contributed by atoms with van der Waals surface area (Å²) in [6.45, 7) is 1.31. The van der Waals surface area contributed by atoms with E-state index in [-0.39, 0.29) is 10.8 Å². The lowest BCUT2D eigenvalue weighted by atomic mass is 9.87. The van der Waals surface area contributed by atoms with Crippen molar-refractivity contribution in [3.8, 4) is 11.5 Å². The number of pyridine rings is 1. The summed E-state index contributed by atoms with van der Waals surface area (Å²) < 4.78 is 11.4. The standard InChI is InChI=1S/C23H17ClN2O4/c24-19-11-14(29-15-3-2-9-25-12-15)6-7-16(19)21(27)17-4-1-5-18-20(17)22(28)30-23(18)8-10-26-13-23/h1-7,9,11-12,26H,8,10,13H2/t23-/m0/s1. The quantitative estimate of drug-likeness (QED) is 0.505. The Balaban J connectivity index is 1.49. The Hall–Kier alpha value is -3.22. The molecular formula is C23H17ClN2O4. The van der Waals surface area contributed by atoms with Crippen molar-refractivity contribution in [3.05, 3.63) is 88.2 Å². The van der Waals surface area contributed by atoms with Crippen LogP contribution in [0, 0.1) is 0 Å². The molecule has 3 heterocycles. The molecule has 1 aromatic heterocycles. The first-order valence-corrected chi connectivity index (χ1v) is 9.95. The lowest BCUT2D eigenvalue weighted by molar-refractivity contribution is 0.00159. The van der Waals surface area contributed by atoms with Crippen LogP contribution >= 0.6 is 11.6 Å². The molecule has 7 heteroatoms. The second-order valence-corrected chi connectivity index (χ2v) is 7.71. The highest BCUT2D eigenvalue weighted by molar-refractivity contribution is 6.35. The van der Waals surface area contributed by atoms with E-state index in [1.165, 1.54) is 0 Å². The van der Waals surface area contributed by atoms with Gasteiger partial charge >= 0.3 is 5.97 Å². The first-order valence-electron chi connectivity index (χ1n) is 9.57. The molecule has 1 atom stereocenters. The van der Waals surface area contributed by atoms with Crippen LogP contribution < -0.4 is 10.1 Å². The molecule has 0 unspecified atom stereocenters. The van der Waals surface area contributed by atoms with Crippen molar-refractivity contribution in [2.24, 2.45) is 0 Å². The van der Waals surface area contributed by atoms with Crippen LogP contribution in [0.2, 0.25) is 5.02 Å². The number of hydrogen-bond donors (Lipinski definition) is 1. The highest BCUT2D eigenvalue weighted by Gasteiger charge is 2.48.